The molecular formula is C22H27NO6S. The maximum absolute atomic E-state index is 12.8. The van der Waals surface area contributed by atoms with Gasteiger partial charge in [-0.25, -0.2) is 18.0 Å². The van der Waals surface area contributed by atoms with Crippen LogP contribution in [0.25, 0.3) is 0 Å². The molecule has 0 spiro atoms. The van der Waals surface area contributed by atoms with E-state index in [2.05, 4.69) is 11.6 Å². The zero-order chi connectivity index (χ0) is 22.1. The SMILES string of the molecule is CCCCc1ccc(S(=O)(=O)Nc2cc(C(=O)OCC)cc(C(=O)OCC)c2)cc1. The van der Waals surface area contributed by atoms with E-state index in [1.54, 1.807) is 26.0 Å². The van der Waals surface area contributed by atoms with E-state index in [4.69, 9.17) is 9.47 Å². The predicted octanol–water partition coefficient (Wildman–Crippen LogP) is 4.18. The Labute approximate surface area is 177 Å². The first-order valence-electron chi connectivity index (χ1n) is 9.91. The highest BCUT2D eigenvalue weighted by molar-refractivity contribution is 7.92. The van der Waals surface area contributed by atoms with Crippen molar-refractivity contribution in [3.63, 3.8) is 0 Å². The van der Waals surface area contributed by atoms with Gasteiger partial charge in [0, 0.05) is 0 Å². The van der Waals surface area contributed by atoms with Gasteiger partial charge in [0.2, 0.25) is 0 Å². The summed E-state index contributed by atoms with van der Waals surface area (Å²) in [7, 11) is -3.91. The van der Waals surface area contributed by atoms with E-state index in [9.17, 15) is 18.0 Å². The monoisotopic (exact) mass is 433 g/mol. The molecule has 0 aliphatic heterocycles. The standard InChI is InChI=1S/C22H27NO6S/c1-4-7-8-16-9-11-20(12-10-16)30(26,27)23-19-14-17(21(24)28-5-2)13-18(15-19)22(25)29-6-3/h9-15,23H,4-8H2,1-3H3. The van der Waals surface area contributed by atoms with Crippen molar-refractivity contribution in [2.75, 3.05) is 17.9 Å². The summed E-state index contributed by atoms with van der Waals surface area (Å²) in [5, 5.41) is 0. The van der Waals surface area contributed by atoms with Gasteiger partial charge in [-0.1, -0.05) is 25.5 Å². The van der Waals surface area contributed by atoms with Crippen LogP contribution in [0.15, 0.2) is 47.4 Å². The van der Waals surface area contributed by atoms with Gasteiger partial charge in [-0.3, -0.25) is 4.72 Å². The zero-order valence-electron chi connectivity index (χ0n) is 17.4. The molecule has 1 N–H and O–H groups in total. The Morgan fingerprint density at radius 1 is 0.867 bits per heavy atom. The minimum atomic E-state index is -3.91. The molecule has 0 radical (unpaired) electrons. The number of hydrogen-bond donors (Lipinski definition) is 1. The Morgan fingerprint density at radius 3 is 1.87 bits per heavy atom. The lowest BCUT2D eigenvalue weighted by Crippen LogP contribution is -2.15. The number of anilines is 1. The van der Waals surface area contributed by atoms with E-state index in [0.717, 1.165) is 24.8 Å². The maximum atomic E-state index is 12.8. The number of carbonyl (C=O) groups excluding carboxylic acids is 2. The Morgan fingerprint density at radius 2 is 1.40 bits per heavy atom. The Hall–Kier alpha value is -2.87. The highest BCUT2D eigenvalue weighted by atomic mass is 32.2. The van der Waals surface area contributed by atoms with Gasteiger partial charge in [-0.2, -0.15) is 0 Å². The number of nitrogens with one attached hydrogen (secondary N) is 1. The van der Waals surface area contributed by atoms with Crippen LogP contribution in [-0.2, 0) is 25.9 Å². The Balaban J connectivity index is 2.34. The topological polar surface area (TPSA) is 98.8 Å². The second kappa shape index (κ2) is 10.8. The fraction of sp³-hybridized carbons (Fsp3) is 0.364. The molecule has 0 saturated carbocycles. The second-order valence-electron chi connectivity index (χ2n) is 6.59. The molecule has 8 heteroatoms. The molecule has 0 fully saturated rings. The Bertz CT molecular complexity index is 947. The summed E-state index contributed by atoms with van der Waals surface area (Å²) in [6.07, 6.45) is 2.97. The molecule has 0 aliphatic carbocycles. The van der Waals surface area contributed by atoms with E-state index in [0.29, 0.717) is 0 Å². The lowest BCUT2D eigenvalue weighted by atomic mass is 10.1. The predicted molar refractivity (Wildman–Crippen MR) is 114 cm³/mol. The van der Waals surface area contributed by atoms with Crippen molar-refractivity contribution in [3.8, 4) is 0 Å². The molecule has 7 nitrogen and oxygen atoms in total. The van der Waals surface area contributed by atoms with Gasteiger partial charge >= 0.3 is 11.9 Å². The van der Waals surface area contributed by atoms with Gasteiger partial charge < -0.3 is 9.47 Å². The lowest BCUT2D eigenvalue weighted by Gasteiger charge is -2.12. The molecular weight excluding hydrogens is 406 g/mol. The van der Waals surface area contributed by atoms with E-state index >= 15 is 0 Å². The van der Waals surface area contributed by atoms with Crippen LogP contribution in [0, 0.1) is 0 Å². The normalized spacial score (nSPS) is 11.0. The molecule has 0 aromatic heterocycles. The number of ether oxygens (including phenoxy) is 2. The molecule has 30 heavy (non-hydrogen) atoms. The van der Waals surface area contributed by atoms with Gasteiger partial charge in [0.25, 0.3) is 10.0 Å². The highest BCUT2D eigenvalue weighted by Crippen LogP contribution is 2.21. The third-order valence-electron chi connectivity index (χ3n) is 4.26. The average Bonchev–Trinajstić information content (AvgIpc) is 2.72. The van der Waals surface area contributed by atoms with Crippen molar-refractivity contribution in [2.24, 2.45) is 0 Å². The van der Waals surface area contributed by atoms with E-state index in [1.807, 2.05) is 0 Å². The fourth-order valence-electron chi connectivity index (χ4n) is 2.78. The summed E-state index contributed by atoms with van der Waals surface area (Å²) in [6.45, 7) is 5.70. The number of aryl methyl sites for hydroxylation is 1. The van der Waals surface area contributed by atoms with E-state index in [1.165, 1.54) is 30.3 Å². The smallest absolute Gasteiger partial charge is 0.338 e. The van der Waals surface area contributed by atoms with Crippen LogP contribution in [0.1, 0.15) is 59.9 Å². The number of sulfonamides is 1. The molecule has 2 rings (SSSR count). The van der Waals surface area contributed by atoms with Gasteiger partial charge in [0.1, 0.15) is 0 Å². The first-order valence-corrected chi connectivity index (χ1v) is 11.4. The second-order valence-corrected chi connectivity index (χ2v) is 8.28. The van der Waals surface area contributed by atoms with Crippen molar-refractivity contribution in [1.82, 2.24) is 0 Å². The number of hydrogen-bond acceptors (Lipinski definition) is 6. The molecule has 0 aliphatic rings. The van der Waals surface area contributed by atoms with Crippen LogP contribution >= 0.6 is 0 Å². The van der Waals surface area contributed by atoms with E-state index < -0.39 is 22.0 Å². The van der Waals surface area contributed by atoms with Gasteiger partial charge in [0.15, 0.2) is 0 Å². The molecule has 2 aromatic carbocycles. The van der Waals surface area contributed by atoms with Gasteiger partial charge in [-0.15, -0.1) is 0 Å². The Kier molecular flexibility index (Phi) is 8.41. The zero-order valence-corrected chi connectivity index (χ0v) is 18.3. The largest absolute Gasteiger partial charge is 0.462 e. The summed E-state index contributed by atoms with van der Waals surface area (Å²) < 4.78 is 38.0. The first kappa shape index (κ1) is 23.4. The lowest BCUT2D eigenvalue weighted by molar-refractivity contribution is 0.0525. The van der Waals surface area contributed by atoms with Crippen molar-refractivity contribution >= 4 is 27.6 Å². The molecule has 162 valence electrons. The summed E-state index contributed by atoms with van der Waals surface area (Å²) in [4.78, 5) is 24.4. The summed E-state index contributed by atoms with van der Waals surface area (Å²) in [5.41, 5.74) is 1.23. The minimum absolute atomic E-state index is 0.0509. The van der Waals surface area contributed by atoms with Crippen LogP contribution < -0.4 is 4.72 Å². The summed E-state index contributed by atoms with van der Waals surface area (Å²) in [6, 6.07) is 10.6. The van der Waals surface area contributed by atoms with Crippen LogP contribution in [-0.4, -0.2) is 33.6 Å². The van der Waals surface area contributed by atoms with Crippen molar-refractivity contribution < 1.29 is 27.5 Å². The quantitative estimate of drug-likeness (QED) is 0.564. The van der Waals surface area contributed by atoms with Crippen LogP contribution in [0.3, 0.4) is 0 Å². The van der Waals surface area contributed by atoms with Crippen LogP contribution in [0.5, 0.6) is 0 Å². The molecule has 0 amide bonds. The maximum Gasteiger partial charge on any atom is 0.338 e. The van der Waals surface area contributed by atoms with Crippen LogP contribution in [0.2, 0.25) is 0 Å². The molecule has 0 atom stereocenters. The number of esters is 2. The molecule has 2 aromatic rings. The third kappa shape index (κ3) is 6.32. The van der Waals surface area contributed by atoms with Gasteiger partial charge in [0.05, 0.1) is 34.9 Å². The number of unbranched alkanes of at least 4 members (excludes halogenated alkanes) is 1. The molecule has 0 heterocycles. The summed E-state index contributed by atoms with van der Waals surface area (Å²) in [5.74, 6) is -1.33. The fourth-order valence-corrected chi connectivity index (χ4v) is 3.82. The first-order chi connectivity index (χ1) is 14.3. The average molecular weight is 434 g/mol. The van der Waals surface area contributed by atoms with Crippen LogP contribution in [0.4, 0.5) is 5.69 Å². The summed E-state index contributed by atoms with van der Waals surface area (Å²) >= 11 is 0. The third-order valence-corrected chi connectivity index (χ3v) is 5.66. The highest BCUT2D eigenvalue weighted by Gasteiger charge is 2.19. The van der Waals surface area contributed by atoms with E-state index in [-0.39, 0.29) is 34.9 Å². The number of benzene rings is 2. The molecule has 0 saturated heterocycles. The van der Waals surface area contributed by atoms with Crippen molar-refractivity contribution in [2.45, 2.75) is 44.9 Å². The van der Waals surface area contributed by atoms with Gasteiger partial charge in [-0.05, 0) is 62.6 Å². The van der Waals surface area contributed by atoms with Crippen molar-refractivity contribution in [3.05, 3.63) is 59.2 Å². The van der Waals surface area contributed by atoms with Crippen molar-refractivity contribution in [1.29, 1.82) is 0 Å². The minimum Gasteiger partial charge on any atom is -0.462 e. The number of rotatable bonds is 10. The molecule has 0 bridgehead atoms. The molecule has 0 unspecified atom stereocenters. The number of carbonyl (C=O) groups is 2.